The number of halogens is 1. The Balaban J connectivity index is 1.73. The van der Waals surface area contributed by atoms with E-state index in [0.717, 1.165) is 14.8 Å². The number of nitrogens with zero attached hydrogens (tertiary/aromatic N) is 4. The number of amides is 1. The number of anilines is 1. The molecular formula is C17H12ClN5O3S. The molecule has 1 aromatic carbocycles. The molecule has 0 aliphatic carbocycles. The molecule has 0 atom stereocenters. The molecule has 0 unspecified atom stereocenters. The summed E-state index contributed by atoms with van der Waals surface area (Å²) in [6.07, 6.45) is 0. The smallest absolute Gasteiger partial charge is 0.296 e. The number of hydrogen-bond acceptors (Lipinski definition) is 6. The van der Waals surface area contributed by atoms with E-state index in [-0.39, 0.29) is 16.7 Å². The SMILES string of the molecule is Cn1c(=O)c2ccc(C(=O)Nc3nc4ccc(Cl)cc4s3)nc2n(C)c1=O. The number of aromatic nitrogens is 4. The molecule has 4 aromatic rings. The first kappa shape index (κ1) is 17.4. The van der Waals surface area contributed by atoms with Crippen LogP contribution in [-0.2, 0) is 14.1 Å². The van der Waals surface area contributed by atoms with Crippen molar-refractivity contribution in [3.05, 3.63) is 61.9 Å². The van der Waals surface area contributed by atoms with Crippen molar-refractivity contribution >= 4 is 55.2 Å². The van der Waals surface area contributed by atoms with Crippen LogP contribution in [0, 0.1) is 0 Å². The lowest BCUT2D eigenvalue weighted by Crippen LogP contribution is -2.37. The zero-order valence-electron chi connectivity index (χ0n) is 14.2. The lowest BCUT2D eigenvalue weighted by atomic mass is 10.2. The van der Waals surface area contributed by atoms with Crippen LogP contribution in [-0.4, -0.2) is 25.0 Å². The van der Waals surface area contributed by atoms with Crippen LogP contribution < -0.4 is 16.6 Å². The van der Waals surface area contributed by atoms with E-state index < -0.39 is 17.2 Å². The second kappa shape index (κ2) is 6.29. The van der Waals surface area contributed by atoms with E-state index >= 15 is 0 Å². The predicted molar refractivity (Wildman–Crippen MR) is 105 cm³/mol. The van der Waals surface area contributed by atoms with Crippen LogP contribution >= 0.6 is 22.9 Å². The first-order valence-electron chi connectivity index (χ1n) is 7.79. The van der Waals surface area contributed by atoms with E-state index in [1.807, 2.05) is 0 Å². The zero-order valence-corrected chi connectivity index (χ0v) is 15.8. The van der Waals surface area contributed by atoms with Gasteiger partial charge in [-0.05, 0) is 30.3 Å². The number of nitrogens with one attached hydrogen (secondary N) is 1. The van der Waals surface area contributed by atoms with Crippen LogP contribution in [0.5, 0.6) is 0 Å². The average molecular weight is 402 g/mol. The third-order valence-corrected chi connectivity index (χ3v) is 5.27. The summed E-state index contributed by atoms with van der Waals surface area (Å²) < 4.78 is 3.07. The van der Waals surface area contributed by atoms with Crippen LogP contribution in [0.4, 0.5) is 5.13 Å². The number of fused-ring (bicyclic) bond motifs is 2. The Morgan fingerprint density at radius 3 is 2.67 bits per heavy atom. The topological polar surface area (TPSA) is 98.9 Å². The molecule has 27 heavy (non-hydrogen) atoms. The van der Waals surface area contributed by atoms with Gasteiger partial charge in [-0.3, -0.25) is 24.0 Å². The molecule has 3 heterocycles. The number of hydrogen-bond donors (Lipinski definition) is 1. The highest BCUT2D eigenvalue weighted by molar-refractivity contribution is 7.22. The molecule has 3 aromatic heterocycles. The highest BCUT2D eigenvalue weighted by Crippen LogP contribution is 2.28. The van der Waals surface area contributed by atoms with Crippen LogP contribution in [0.25, 0.3) is 21.3 Å². The number of carbonyl (C=O) groups excluding carboxylic acids is 1. The van der Waals surface area contributed by atoms with Gasteiger partial charge in [-0.15, -0.1) is 0 Å². The first-order valence-corrected chi connectivity index (χ1v) is 8.99. The summed E-state index contributed by atoms with van der Waals surface area (Å²) in [5.41, 5.74) is -0.0387. The Labute approximate surface area is 160 Å². The molecule has 0 radical (unpaired) electrons. The Morgan fingerprint density at radius 2 is 1.89 bits per heavy atom. The minimum absolute atomic E-state index is 0.0723. The fraction of sp³-hybridized carbons (Fsp3) is 0.118. The number of aryl methyl sites for hydroxylation is 1. The van der Waals surface area contributed by atoms with Crippen molar-refractivity contribution in [3.63, 3.8) is 0 Å². The molecule has 0 saturated carbocycles. The largest absolute Gasteiger partial charge is 0.332 e. The Hall–Kier alpha value is -3.04. The predicted octanol–water partition coefficient (Wildman–Crippen LogP) is 2.15. The molecule has 136 valence electrons. The first-order chi connectivity index (χ1) is 12.8. The van der Waals surface area contributed by atoms with Crippen LogP contribution in [0.2, 0.25) is 5.02 Å². The van der Waals surface area contributed by atoms with E-state index in [2.05, 4.69) is 15.3 Å². The van der Waals surface area contributed by atoms with Crippen molar-refractivity contribution in [2.24, 2.45) is 14.1 Å². The number of thiazole rings is 1. The normalized spacial score (nSPS) is 11.2. The minimum atomic E-state index is -0.513. The maximum atomic E-state index is 12.5. The summed E-state index contributed by atoms with van der Waals surface area (Å²) in [6, 6.07) is 8.18. The second-order valence-electron chi connectivity index (χ2n) is 5.86. The van der Waals surface area contributed by atoms with E-state index in [4.69, 9.17) is 11.6 Å². The molecule has 1 N–H and O–H groups in total. The number of pyridine rings is 1. The molecular weight excluding hydrogens is 390 g/mol. The molecule has 1 amide bonds. The fourth-order valence-electron chi connectivity index (χ4n) is 2.69. The molecule has 0 bridgehead atoms. The monoisotopic (exact) mass is 401 g/mol. The lowest BCUT2D eigenvalue weighted by molar-refractivity contribution is 0.102. The molecule has 10 heteroatoms. The summed E-state index contributed by atoms with van der Waals surface area (Å²) in [6.45, 7) is 0. The van der Waals surface area contributed by atoms with Gasteiger partial charge in [0.15, 0.2) is 5.13 Å². The summed E-state index contributed by atoms with van der Waals surface area (Å²) in [5, 5.41) is 3.93. The van der Waals surface area contributed by atoms with Gasteiger partial charge in [0.25, 0.3) is 11.5 Å². The lowest BCUT2D eigenvalue weighted by Gasteiger charge is -2.08. The van der Waals surface area contributed by atoms with Crippen molar-refractivity contribution in [1.82, 2.24) is 19.1 Å². The van der Waals surface area contributed by atoms with Gasteiger partial charge < -0.3 is 0 Å². The summed E-state index contributed by atoms with van der Waals surface area (Å²) in [4.78, 5) is 45.3. The molecule has 8 nitrogen and oxygen atoms in total. The maximum Gasteiger partial charge on any atom is 0.332 e. The van der Waals surface area contributed by atoms with Gasteiger partial charge in [0.05, 0.1) is 15.6 Å². The van der Waals surface area contributed by atoms with Crippen molar-refractivity contribution in [3.8, 4) is 0 Å². The van der Waals surface area contributed by atoms with Gasteiger partial charge >= 0.3 is 5.69 Å². The molecule has 0 aliphatic heterocycles. The minimum Gasteiger partial charge on any atom is -0.296 e. The van der Waals surface area contributed by atoms with Gasteiger partial charge in [0.2, 0.25) is 0 Å². The fourth-order valence-corrected chi connectivity index (χ4v) is 3.83. The van der Waals surface area contributed by atoms with Crippen molar-refractivity contribution < 1.29 is 4.79 Å². The maximum absolute atomic E-state index is 12.5. The molecule has 0 aliphatic rings. The Morgan fingerprint density at radius 1 is 1.11 bits per heavy atom. The van der Waals surface area contributed by atoms with Crippen LogP contribution in [0.1, 0.15) is 10.5 Å². The van der Waals surface area contributed by atoms with E-state index in [0.29, 0.717) is 10.2 Å². The van der Waals surface area contributed by atoms with Gasteiger partial charge in [-0.1, -0.05) is 22.9 Å². The summed E-state index contributed by atoms with van der Waals surface area (Å²) in [5.74, 6) is -0.491. The van der Waals surface area contributed by atoms with Crippen LogP contribution in [0.15, 0.2) is 39.9 Å². The van der Waals surface area contributed by atoms with Gasteiger partial charge in [0, 0.05) is 19.1 Å². The summed E-state index contributed by atoms with van der Waals surface area (Å²) >= 11 is 7.25. The number of carbonyl (C=O) groups is 1. The highest BCUT2D eigenvalue weighted by atomic mass is 35.5. The van der Waals surface area contributed by atoms with Crippen molar-refractivity contribution in [2.75, 3.05) is 5.32 Å². The number of rotatable bonds is 2. The zero-order chi connectivity index (χ0) is 19.3. The quantitative estimate of drug-likeness (QED) is 0.554. The Bertz CT molecular complexity index is 1350. The average Bonchev–Trinajstić information content (AvgIpc) is 3.05. The third-order valence-electron chi connectivity index (χ3n) is 4.11. The van der Waals surface area contributed by atoms with Crippen LogP contribution in [0.3, 0.4) is 0 Å². The molecule has 4 rings (SSSR count). The Kier molecular flexibility index (Phi) is 4.05. The third kappa shape index (κ3) is 2.90. The molecule has 0 saturated heterocycles. The van der Waals surface area contributed by atoms with E-state index in [9.17, 15) is 14.4 Å². The van der Waals surface area contributed by atoms with Crippen molar-refractivity contribution in [1.29, 1.82) is 0 Å². The van der Waals surface area contributed by atoms with E-state index in [1.165, 1.54) is 42.1 Å². The van der Waals surface area contributed by atoms with Gasteiger partial charge in [-0.25, -0.2) is 14.8 Å². The van der Waals surface area contributed by atoms with E-state index in [1.54, 1.807) is 18.2 Å². The van der Waals surface area contributed by atoms with Gasteiger partial charge in [0.1, 0.15) is 11.3 Å². The standard InChI is InChI=1S/C17H12ClN5O3S/c1-22-13-9(15(25)23(2)17(22)26)4-6-11(19-13)14(24)21-16-20-10-5-3-8(18)7-12(10)27-16/h3-7H,1-2H3,(H,20,21,24). The molecule has 0 spiro atoms. The second-order valence-corrected chi connectivity index (χ2v) is 7.33. The number of benzene rings is 1. The molecule has 0 fully saturated rings. The van der Waals surface area contributed by atoms with Crippen molar-refractivity contribution in [2.45, 2.75) is 0 Å². The van der Waals surface area contributed by atoms with Gasteiger partial charge in [-0.2, -0.15) is 0 Å². The summed E-state index contributed by atoms with van der Waals surface area (Å²) in [7, 11) is 2.89. The highest BCUT2D eigenvalue weighted by Gasteiger charge is 2.15.